The van der Waals surface area contributed by atoms with E-state index < -0.39 is 0 Å². The Morgan fingerprint density at radius 2 is 1.93 bits per heavy atom. The third kappa shape index (κ3) is 5.34. The van der Waals surface area contributed by atoms with E-state index in [9.17, 15) is 0 Å². The Labute approximate surface area is 90.2 Å². The van der Waals surface area contributed by atoms with Crippen molar-refractivity contribution >= 4 is 0 Å². The van der Waals surface area contributed by atoms with Crippen LogP contribution >= 0.6 is 0 Å². The van der Waals surface area contributed by atoms with Gasteiger partial charge in [0, 0.05) is 13.3 Å². The average molecular weight is 211 g/mol. The smallest absolute Gasteiger partial charge is 0.137 e. The lowest BCUT2D eigenvalue weighted by atomic mass is 10.3. The zero-order valence-corrected chi connectivity index (χ0v) is 9.23. The van der Waals surface area contributed by atoms with Crippen molar-refractivity contribution in [3.8, 4) is 5.75 Å². The van der Waals surface area contributed by atoms with E-state index >= 15 is 0 Å². The second-order valence-electron chi connectivity index (χ2n) is 3.15. The summed E-state index contributed by atoms with van der Waals surface area (Å²) in [5.41, 5.74) is 1.09. The van der Waals surface area contributed by atoms with Crippen LogP contribution < -0.4 is 4.74 Å². The molecule has 0 aliphatic heterocycles. The number of nitrogens with zero attached hydrogens (tertiary/aromatic N) is 1. The molecular weight excluding hydrogens is 194 g/mol. The van der Waals surface area contributed by atoms with Gasteiger partial charge in [-0.05, 0) is 18.6 Å². The van der Waals surface area contributed by atoms with Crippen LogP contribution in [0.15, 0.2) is 18.5 Å². The predicted molar refractivity (Wildman–Crippen MR) is 57.2 cm³/mol. The fourth-order valence-corrected chi connectivity index (χ4v) is 1.07. The number of ether oxygens (including phenoxy) is 3. The van der Waals surface area contributed by atoms with Crippen LogP contribution in [0.2, 0.25) is 0 Å². The Kier molecular flexibility index (Phi) is 5.73. The zero-order chi connectivity index (χ0) is 10.9. The molecule has 1 heterocycles. The van der Waals surface area contributed by atoms with Crippen molar-refractivity contribution in [1.82, 2.24) is 4.98 Å². The van der Waals surface area contributed by atoms with Crippen molar-refractivity contribution in [2.45, 2.75) is 6.92 Å². The maximum atomic E-state index is 5.44. The van der Waals surface area contributed by atoms with Crippen molar-refractivity contribution in [1.29, 1.82) is 0 Å². The Morgan fingerprint density at radius 1 is 1.13 bits per heavy atom. The van der Waals surface area contributed by atoms with Crippen molar-refractivity contribution in [2.75, 3.05) is 33.5 Å². The first-order valence-corrected chi connectivity index (χ1v) is 4.94. The van der Waals surface area contributed by atoms with E-state index in [1.807, 2.05) is 13.0 Å². The quantitative estimate of drug-likeness (QED) is 0.640. The highest BCUT2D eigenvalue weighted by Crippen LogP contribution is 2.09. The van der Waals surface area contributed by atoms with Crippen molar-refractivity contribution < 1.29 is 14.2 Å². The van der Waals surface area contributed by atoms with E-state index in [-0.39, 0.29) is 0 Å². The van der Waals surface area contributed by atoms with E-state index in [2.05, 4.69) is 4.98 Å². The number of hydrogen-bond acceptors (Lipinski definition) is 4. The second-order valence-corrected chi connectivity index (χ2v) is 3.15. The number of aromatic nitrogens is 1. The third-order valence-electron chi connectivity index (χ3n) is 1.78. The van der Waals surface area contributed by atoms with Gasteiger partial charge >= 0.3 is 0 Å². The molecule has 0 atom stereocenters. The van der Waals surface area contributed by atoms with Crippen LogP contribution in [-0.2, 0) is 9.47 Å². The fraction of sp³-hybridized carbons (Fsp3) is 0.545. The molecular formula is C11H17NO3. The largest absolute Gasteiger partial charge is 0.490 e. The molecule has 0 aliphatic carbocycles. The van der Waals surface area contributed by atoms with E-state index in [0.29, 0.717) is 26.4 Å². The van der Waals surface area contributed by atoms with Crippen LogP contribution in [0, 0.1) is 6.92 Å². The Balaban J connectivity index is 2.10. The van der Waals surface area contributed by atoms with Gasteiger partial charge in [-0.15, -0.1) is 0 Å². The fourth-order valence-electron chi connectivity index (χ4n) is 1.07. The molecule has 0 saturated carbocycles. The first-order chi connectivity index (χ1) is 7.33. The van der Waals surface area contributed by atoms with Crippen molar-refractivity contribution in [3.05, 3.63) is 24.0 Å². The van der Waals surface area contributed by atoms with Gasteiger partial charge in [-0.2, -0.15) is 0 Å². The first kappa shape index (κ1) is 11.9. The molecule has 0 spiro atoms. The van der Waals surface area contributed by atoms with Gasteiger partial charge in [-0.25, -0.2) is 0 Å². The third-order valence-corrected chi connectivity index (χ3v) is 1.78. The lowest BCUT2D eigenvalue weighted by Crippen LogP contribution is -2.10. The second kappa shape index (κ2) is 7.20. The molecule has 0 bridgehead atoms. The van der Waals surface area contributed by atoms with Crippen LogP contribution in [0.4, 0.5) is 0 Å². The Hall–Kier alpha value is -1.13. The summed E-state index contributed by atoms with van der Waals surface area (Å²) in [7, 11) is 1.65. The van der Waals surface area contributed by atoms with E-state index in [1.54, 1.807) is 19.5 Å². The topological polar surface area (TPSA) is 40.6 Å². The molecule has 0 aromatic carbocycles. The van der Waals surface area contributed by atoms with Crippen LogP contribution in [0.5, 0.6) is 5.75 Å². The average Bonchev–Trinajstić information content (AvgIpc) is 2.23. The molecule has 0 saturated heterocycles. The summed E-state index contributed by atoms with van der Waals surface area (Å²) in [4.78, 5) is 4.03. The van der Waals surface area contributed by atoms with Crippen LogP contribution in [0.3, 0.4) is 0 Å². The number of rotatable bonds is 7. The molecule has 1 rings (SSSR count). The van der Waals surface area contributed by atoms with Gasteiger partial charge in [-0.1, -0.05) is 0 Å². The zero-order valence-electron chi connectivity index (χ0n) is 9.23. The normalized spacial score (nSPS) is 10.3. The summed E-state index contributed by atoms with van der Waals surface area (Å²) in [6.07, 6.45) is 3.49. The molecule has 0 N–H and O–H groups in total. The van der Waals surface area contributed by atoms with Crippen molar-refractivity contribution in [3.63, 3.8) is 0 Å². The van der Waals surface area contributed by atoms with Crippen LogP contribution in [-0.4, -0.2) is 38.5 Å². The molecule has 1 aromatic rings. The molecule has 0 unspecified atom stereocenters. The maximum absolute atomic E-state index is 5.44. The van der Waals surface area contributed by atoms with E-state index in [4.69, 9.17) is 14.2 Å². The van der Waals surface area contributed by atoms with Gasteiger partial charge in [-0.3, -0.25) is 4.98 Å². The van der Waals surface area contributed by atoms with Crippen molar-refractivity contribution in [2.24, 2.45) is 0 Å². The van der Waals surface area contributed by atoms with Gasteiger partial charge in [0.15, 0.2) is 0 Å². The minimum atomic E-state index is 0.537. The predicted octanol–water partition coefficient (Wildman–Crippen LogP) is 1.43. The summed E-state index contributed by atoms with van der Waals surface area (Å²) in [6, 6.07) is 1.95. The minimum Gasteiger partial charge on any atom is -0.490 e. The van der Waals surface area contributed by atoms with Gasteiger partial charge in [0.2, 0.25) is 0 Å². The summed E-state index contributed by atoms with van der Waals surface area (Å²) >= 11 is 0. The minimum absolute atomic E-state index is 0.537. The number of hydrogen-bond donors (Lipinski definition) is 0. The number of methoxy groups -OCH3 is 1. The highest BCUT2D eigenvalue weighted by Gasteiger charge is 1.94. The molecule has 4 nitrogen and oxygen atoms in total. The van der Waals surface area contributed by atoms with Gasteiger partial charge in [0.05, 0.1) is 26.0 Å². The lowest BCUT2D eigenvalue weighted by molar-refractivity contribution is 0.0543. The molecule has 1 aromatic heterocycles. The highest BCUT2D eigenvalue weighted by atomic mass is 16.5. The lowest BCUT2D eigenvalue weighted by Gasteiger charge is -2.06. The molecule has 4 heteroatoms. The number of aryl methyl sites for hydroxylation is 1. The molecule has 0 aliphatic rings. The summed E-state index contributed by atoms with van der Waals surface area (Å²) in [5.74, 6) is 0.783. The Morgan fingerprint density at radius 3 is 2.67 bits per heavy atom. The molecule has 0 amide bonds. The summed E-state index contributed by atoms with van der Waals surface area (Å²) in [6.45, 7) is 4.30. The summed E-state index contributed by atoms with van der Waals surface area (Å²) < 4.78 is 15.5. The van der Waals surface area contributed by atoms with Crippen LogP contribution in [0.25, 0.3) is 0 Å². The molecule has 0 fully saturated rings. The first-order valence-electron chi connectivity index (χ1n) is 4.94. The van der Waals surface area contributed by atoms with E-state index in [1.165, 1.54) is 0 Å². The Bertz CT molecular complexity index is 278. The van der Waals surface area contributed by atoms with E-state index in [0.717, 1.165) is 11.3 Å². The molecule has 84 valence electrons. The monoisotopic (exact) mass is 211 g/mol. The van der Waals surface area contributed by atoms with Gasteiger partial charge < -0.3 is 14.2 Å². The highest BCUT2D eigenvalue weighted by molar-refractivity contribution is 5.22. The van der Waals surface area contributed by atoms with Gasteiger partial charge in [0.1, 0.15) is 12.4 Å². The molecule has 15 heavy (non-hydrogen) atoms. The molecule has 0 radical (unpaired) electrons. The van der Waals surface area contributed by atoms with Crippen LogP contribution in [0.1, 0.15) is 5.56 Å². The standard InChI is InChI=1S/C11H17NO3/c1-10-7-11(9-12-8-10)15-6-5-14-4-3-13-2/h7-9H,3-6H2,1-2H3. The van der Waals surface area contributed by atoms with Gasteiger partial charge in [0.25, 0.3) is 0 Å². The SMILES string of the molecule is COCCOCCOc1cncc(C)c1. The number of pyridine rings is 1. The summed E-state index contributed by atoms with van der Waals surface area (Å²) in [5, 5.41) is 0. The maximum Gasteiger partial charge on any atom is 0.137 e.